The van der Waals surface area contributed by atoms with E-state index in [-0.39, 0.29) is 11.3 Å². The molecule has 0 saturated heterocycles. The van der Waals surface area contributed by atoms with Gasteiger partial charge in [0, 0.05) is 0 Å². The van der Waals surface area contributed by atoms with E-state index >= 15 is 0 Å². The van der Waals surface area contributed by atoms with E-state index in [1.54, 1.807) is 12.1 Å². The van der Waals surface area contributed by atoms with Crippen LogP contribution >= 0.6 is 0 Å². The van der Waals surface area contributed by atoms with Crippen LogP contribution in [0.3, 0.4) is 0 Å². The number of rotatable bonds is 3. The first-order chi connectivity index (χ1) is 9.17. The van der Waals surface area contributed by atoms with E-state index in [0.717, 1.165) is 5.56 Å². The second-order valence-electron chi connectivity index (χ2n) is 3.87. The molecule has 98 valence electrons. The van der Waals surface area contributed by atoms with E-state index in [4.69, 9.17) is 10.6 Å². The molecule has 0 aliphatic rings. The molecule has 3 N–H and O–H groups in total. The van der Waals surface area contributed by atoms with Crippen LogP contribution < -0.4 is 16.0 Å². The molecule has 5 heteroatoms. The molecule has 0 heterocycles. The molecule has 2 aromatic carbocycles. The number of carbonyl (C=O) groups is 1. The zero-order chi connectivity index (χ0) is 13.8. The van der Waals surface area contributed by atoms with Gasteiger partial charge in [0.2, 0.25) is 0 Å². The van der Waals surface area contributed by atoms with Gasteiger partial charge in [0.1, 0.15) is 0 Å². The van der Waals surface area contributed by atoms with Crippen molar-refractivity contribution >= 4 is 5.91 Å². The van der Waals surface area contributed by atoms with Crippen LogP contribution in [0.4, 0.5) is 4.39 Å². The number of carbonyl (C=O) groups excluding carboxylic acids is 1. The van der Waals surface area contributed by atoms with Crippen molar-refractivity contribution in [1.29, 1.82) is 0 Å². The molecule has 2 aromatic rings. The highest BCUT2D eigenvalue weighted by Gasteiger charge is 2.16. The summed E-state index contributed by atoms with van der Waals surface area (Å²) in [5.41, 5.74) is 3.49. The predicted molar refractivity (Wildman–Crippen MR) is 70.0 cm³/mol. The lowest BCUT2D eigenvalue weighted by molar-refractivity contribution is 0.0954. The molecule has 0 spiro atoms. The lowest BCUT2D eigenvalue weighted by atomic mass is 9.98. The summed E-state index contributed by atoms with van der Waals surface area (Å²) in [7, 11) is 1.34. The second kappa shape index (κ2) is 5.49. The molecule has 4 nitrogen and oxygen atoms in total. The van der Waals surface area contributed by atoms with Crippen molar-refractivity contribution in [3.63, 3.8) is 0 Å². The fraction of sp³-hybridized carbons (Fsp3) is 0.0714. The minimum absolute atomic E-state index is 0.00159. The number of nitrogen functional groups attached to an aromatic ring is 1. The molecule has 0 aliphatic heterocycles. The maximum Gasteiger partial charge on any atom is 0.265 e. The molecule has 0 aliphatic carbocycles. The van der Waals surface area contributed by atoms with E-state index in [1.165, 1.54) is 19.2 Å². The Labute approximate surface area is 110 Å². The van der Waals surface area contributed by atoms with E-state index < -0.39 is 11.7 Å². The molecule has 2 rings (SSSR count). The molecular formula is C14H13FN2O2. The highest BCUT2D eigenvalue weighted by Crippen LogP contribution is 2.29. The monoisotopic (exact) mass is 260 g/mol. The predicted octanol–water partition coefficient (Wildman–Crippen LogP) is 2.10. The van der Waals surface area contributed by atoms with Gasteiger partial charge in [-0.2, -0.15) is 0 Å². The summed E-state index contributed by atoms with van der Waals surface area (Å²) in [5.74, 6) is 4.11. The molecule has 19 heavy (non-hydrogen) atoms. The SMILES string of the molecule is COc1cc(C(=O)NN)c(-c2ccccc2)cc1F. The van der Waals surface area contributed by atoms with Crippen LogP contribution in [0.15, 0.2) is 42.5 Å². The Morgan fingerprint density at radius 2 is 1.95 bits per heavy atom. The van der Waals surface area contributed by atoms with Crippen molar-refractivity contribution in [3.8, 4) is 16.9 Å². The molecule has 0 bridgehead atoms. The topological polar surface area (TPSA) is 64.3 Å². The quantitative estimate of drug-likeness (QED) is 0.504. The van der Waals surface area contributed by atoms with E-state index in [1.807, 2.05) is 23.6 Å². The lowest BCUT2D eigenvalue weighted by Gasteiger charge is -2.11. The molecule has 0 radical (unpaired) electrons. The number of ether oxygens (including phenoxy) is 1. The molecule has 0 aromatic heterocycles. The average Bonchev–Trinajstić information content (AvgIpc) is 2.47. The van der Waals surface area contributed by atoms with Gasteiger partial charge in [-0.05, 0) is 23.3 Å². The van der Waals surface area contributed by atoms with Crippen LogP contribution in [0.1, 0.15) is 10.4 Å². The van der Waals surface area contributed by atoms with Crippen molar-refractivity contribution < 1.29 is 13.9 Å². The van der Waals surface area contributed by atoms with Gasteiger partial charge in [0.25, 0.3) is 5.91 Å². The average molecular weight is 260 g/mol. The number of hydrazine groups is 1. The van der Waals surface area contributed by atoms with Crippen LogP contribution in [0.5, 0.6) is 5.75 Å². The maximum absolute atomic E-state index is 13.8. The van der Waals surface area contributed by atoms with Gasteiger partial charge in [-0.15, -0.1) is 0 Å². The highest BCUT2D eigenvalue weighted by atomic mass is 19.1. The second-order valence-corrected chi connectivity index (χ2v) is 3.87. The number of nitrogens with one attached hydrogen (secondary N) is 1. The Kier molecular flexibility index (Phi) is 3.77. The highest BCUT2D eigenvalue weighted by molar-refractivity contribution is 6.01. The zero-order valence-corrected chi connectivity index (χ0v) is 10.3. The fourth-order valence-electron chi connectivity index (χ4n) is 1.83. The Balaban J connectivity index is 2.65. The summed E-state index contributed by atoms with van der Waals surface area (Å²) in [4.78, 5) is 11.8. The van der Waals surface area contributed by atoms with E-state index in [9.17, 15) is 9.18 Å². The molecule has 0 unspecified atom stereocenters. The Morgan fingerprint density at radius 3 is 2.53 bits per heavy atom. The van der Waals surface area contributed by atoms with Crippen LogP contribution in [0.2, 0.25) is 0 Å². The zero-order valence-electron chi connectivity index (χ0n) is 10.3. The van der Waals surface area contributed by atoms with Crippen molar-refractivity contribution in [1.82, 2.24) is 5.43 Å². The summed E-state index contributed by atoms with van der Waals surface area (Å²) < 4.78 is 18.7. The largest absolute Gasteiger partial charge is 0.494 e. The molecule has 0 fully saturated rings. The maximum atomic E-state index is 13.8. The first-order valence-electron chi connectivity index (χ1n) is 5.61. The fourth-order valence-corrected chi connectivity index (χ4v) is 1.83. The van der Waals surface area contributed by atoms with Crippen LogP contribution in [0, 0.1) is 5.82 Å². The van der Waals surface area contributed by atoms with Crippen molar-refractivity contribution in [2.24, 2.45) is 5.84 Å². The van der Waals surface area contributed by atoms with Gasteiger partial charge < -0.3 is 4.74 Å². The van der Waals surface area contributed by atoms with Gasteiger partial charge in [-0.3, -0.25) is 10.2 Å². The van der Waals surface area contributed by atoms with Crippen LogP contribution in [-0.2, 0) is 0 Å². The van der Waals surface area contributed by atoms with E-state index in [2.05, 4.69) is 0 Å². The van der Waals surface area contributed by atoms with Crippen molar-refractivity contribution in [3.05, 3.63) is 53.8 Å². The third-order valence-corrected chi connectivity index (χ3v) is 2.75. The third kappa shape index (κ3) is 2.56. The molecule has 0 saturated carbocycles. The Morgan fingerprint density at radius 1 is 1.26 bits per heavy atom. The number of nitrogens with two attached hydrogens (primary N) is 1. The standard InChI is InChI=1S/C14H13FN2O2/c1-19-13-8-11(14(18)17-16)10(7-12(13)15)9-5-3-2-4-6-9/h2-8H,16H2,1H3,(H,17,18). The number of hydrogen-bond acceptors (Lipinski definition) is 3. The number of benzene rings is 2. The van der Waals surface area contributed by atoms with Crippen LogP contribution in [0.25, 0.3) is 11.1 Å². The van der Waals surface area contributed by atoms with Crippen LogP contribution in [-0.4, -0.2) is 13.0 Å². The van der Waals surface area contributed by atoms with E-state index in [0.29, 0.717) is 5.56 Å². The summed E-state index contributed by atoms with van der Waals surface area (Å²) in [5, 5.41) is 0. The van der Waals surface area contributed by atoms with Gasteiger partial charge >= 0.3 is 0 Å². The summed E-state index contributed by atoms with van der Waals surface area (Å²) in [6, 6.07) is 11.6. The first-order valence-corrected chi connectivity index (χ1v) is 5.61. The summed E-state index contributed by atoms with van der Waals surface area (Å²) in [6.07, 6.45) is 0. The van der Waals surface area contributed by atoms with Gasteiger partial charge in [-0.1, -0.05) is 30.3 Å². The first kappa shape index (κ1) is 13.0. The summed E-state index contributed by atoms with van der Waals surface area (Å²) >= 11 is 0. The minimum Gasteiger partial charge on any atom is -0.494 e. The molecule has 1 amide bonds. The number of methoxy groups -OCH3 is 1. The Bertz CT molecular complexity index is 600. The number of amides is 1. The van der Waals surface area contributed by atoms with Gasteiger partial charge in [0.05, 0.1) is 12.7 Å². The van der Waals surface area contributed by atoms with Crippen molar-refractivity contribution in [2.45, 2.75) is 0 Å². The third-order valence-electron chi connectivity index (χ3n) is 2.75. The molecular weight excluding hydrogens is 247 g/mol. The van der Waals surface area contributed by atoms with Crippen molar-refractivity contribution in [2.75, 3.05) is 7.11 Å². The van der Waals surface area contributed by atoms with Gasteiger partial charge in [-0.25, -0.2) is 10.2 Å². The molecule has 0 atom stereocenters. The normalized spacial score (nSPS) is 10.1. The lowest BCUT2D eigenvalue weighted by Crippen LogP contribution is -2.30. The number of hydrogen-bond donors (Lipinski definition) is 2. The van der Waals surface area contributed by atoms with Gasteiger partial charge in [0.15, 0.2) is 11.6 Å². The summed E-state index contributed by atoms with van der Waals surface area (Å²) in [6.45, 7) is 0. The smallest absolute Gasteiger partial charge is 0.265 e. The minimum atomic E-state index is -0.532. The number of halogens is 1. The Hall–Kier alpha value is -2.40.